The standard InChI is InChI=1S/C25H26F3N5O3S/c1-24(2,36)7-8-31-12-16-10-19(32-22(35)20-13-37-23(33-20)25(26,27)28)17(11-18(16)29)14-5-4-6-15(9-14)21(34)30-3/h4-6,9-13,36H,7-8,29H2,1-3H3,(H,30,34)(H,32,35). The molecule has 0 fully saturated rings. The molecule has 0 radical (unpaired) electrons. The molecule has 0 atom stereocenters. The summed E-state index contributed by atoms with van der Waals surface area (Å²) in [6.45, 7) is 3.64. The van der Waals surface area contributed by atoms with Crippen molar-refractivity contribution in [3.63, 3.8) is 0 Å². The number of carbonyl (C=O) groups excluding carboxylic acids is 2. The zero-order valence-corrected chi connectivity index (χ0v) is 21.1. The van der Waals surface area contributed by atoms with E-state index in [9.17, 15) is 27.9 Å². The highest BCUT2D eigenvalue weighted by molar-refractivity contribution is 7.10. The van der Waals surface area contributed by atoms with E-state index in [4.69, 9.17) is 5.73 Å². The van der Waals surface area contributed by atoms with E-state index in [2.05, 4.69) is 20.6 Å². The molecule has 0 unspecified atom stereocenters. The molecule has 0 spiro atoms. The molecule has 1 heterocycles. The molecular formula is C25H26F3N5O3S. The number of alkyl halides is 3. The minimum Gasteiger partial charge on any atom is -0.398 e. The van der Waals surface area contributed by atoms with Gasteiger partial charge in [0.05, 0.1) is 5.60 Å². The van der Waals surface area contributed by atoms with Crippen LogP contribution in [0.15, 0.2) is 46.8 Å². The van der Waals surface area contributed by atoms with Crippen molar-refractivity contribution in [1.82, 2.24) is 10.3 Å². The zero-order valence-electron chi connectivity index (χ0n) is 20.3. The Bertz CT molecular complexity index is 1330. The number of hydrogen-bond donors (Lipinski definition) is 4. The fourth-order valence-corrected chi connectivity index (χ4v) is 3.92. The average molecular weight is 534 g/mol. The molecule has 5 N–H and O–H groups in total. The van der Waals surface area contributed by atoms with Gasteiger partial charge in [-0.1, -0.05) is 12.1 Å². The number of halogens is 3. The number of nitrogens with zero attached hydrogens (tertiary/aromatic N) is 2. The summed E-state index contributed by atoms with van der Waals surface area (Å²) >= 11 is 0.322. The lowest BCUT2D eigenvalue weighted by Gasteiger charge is -2.16. The number of anilines is 2. The molecular weight excluding hydrogens is 507 g/mol. The third-order valence-corrected chi connectivity index (χ3v) is 6.08. The first-order valence-corrected chi connectivity index (χ1v) is 12.0. The summed E-state index contributed by atoms with van der Waals surface area (Å²) in [6, 6.07) is 9.70. The lowest BCUT2D eigenvalue weighted by molar-refractivity contribution is -0.137. The molecule has 37 heavy (non-hydrogen) atoms. The summed E-state index contributed by atoms with van der Waals surface area (Å²) in [5.41, 5.74) is 7.31. The molecule has 2 amide bonds. The van der Waals surface area contributed by atoms with Crippen LogP contribution in [-0.2, 0) is 6.18 Å². The second-order valence-corrected chi connectivity index (χ2v) is 9.63. The van der Waals surface area contributed by atoms with Crippen LogP contribution in [0.2, 0.25) is 0 Å². The van der Waals surface area contributed by atoms with Crippen LogP contribution in [0.25, 0.3) is 11.1 Å². The van der Waals surface area contributed by atoms with Gasteiger partial charge in [0.25, 0.3) is 11.8 Å². The highest BCUT2D eigenvalue weighted by Crippen LogP contribution is 2.34. The predicted octanol–water partition coefficient (Wildman–Crippen LogP) is 4.60. The van der Waals surface area contributed by atoms with E-state index in [-0.39, 0.29) is 17.3 Å². The van der Waals surface area contributed by atoms with Gasteiger partial charge in [0.2, 0.25) is 0 Å². The Hall–Kier alpha value is -3.77. The van der Waals surface area contributed by atoms with Crippen molar-refractivity contribution in [2.75, 3.05) is 24.6 Å². The van der Waals surface area contributed by atoms with Crippen molar-refractivity contribution < 1.29 is 27.9 Å². The summed E-state index contributed by atoms with van der Waals surface area (Å²) in [5.74, 6) is -1.16. The van der Waals surface area contributed by atoms with Crippen LogP contribution in [-0.4, -0.2) is 47.3 Å². The molecule has 1 aromatic heterocycles. The van der Waals surface area contributed by atoms with Crippen LogP contribution >= 0.6 is 11.3 Å². The highest BCUT2D eigenvalue weighted by Gasteiger charge is 2.35. The number of thiazole rings is 1. The maximum atomic E-state index is 13.0. The quantitative estimate of drug-likeness (QED) is 0.248. The molecule has 0 aliphatic carbocycles. The van der Waals surface area contributed by atoms with Crippen molar-refractivity contribution in [3.8, 4) is 11.1 Å². The minimum absolute atomic E-state index is 0.235. The van der Waals surface area contributed by atoms with Crippen LogP contribution < -0.4 is 16.4 Å². The first-order chi connectivity index (χ1) is 17.3. The molecule has 0 saturated heterocycles. The van der Waals surface area contributed by atoms with E-state index in [1.807, 2.05) is 0 Å². The largest absolute Gasteiger partial charge is 0.443 e. The Morgan fingerprint density at radius 2 is 1.92 bits per heavy atom. The van der Waals surface area contributed by atoms with Crippen molar-refractivity contribution in [2.24, 2.45) is 4.99 Å². The number of carbonyl (C=O) groups is 2. The Balaban J connectivity index is 2.02. The van der Waals surface area contributed by atoms with Crippen LogP contribution in [0.5, 0.6) is 0 Å². The lowest BCUT2D eigenvalue weighted by atomic mass is 9.98. The second kappa shape index (κ2) is 11.1. The van der Waals surface area contributed by atoms with E-state index in [1.165, 1.54) is 13.3 Å². The van der Waals surface area contributed by atoms with E-state index in [0.717, 1.165) is 5.38 Å². The molecule has 0 bridgehead atoms. The number of aromatic nitrogens is 1. The first-order valence-electron chi connectivity index (χ1n) is 11.1. The minimum atomic E-state index is -4.66. The Labute approximate surface area is 215 Å². The molecule has 196 valence electrons. The monoisotopic (exact) mass is 533 g/mol. The van der Waals surface area contributed by atoms with Crippen molar-refractivity contribution in [1.29, 1.82) is 0 Å². The highest BCUT2D eigenvalue weighted by atomic mass is 32.1. The average Bonchev–Trinajstić information content (AvgIpc) is 3.33. The van der Waals surface area contributed by atoms with E-state index < -0.39 is 22.7 Å². The number of rotatable bonds is 8. The summed E-state index contributed by atoms with van der Waals surface area (Å²) < 4.78 is 38.9. The Morgan fingerprint density at radius 3 is 2.54 bits per heavy atom. The molecule has 12 heteroatoms. The Kier molecular flexibility index (Phi) is 8.34. The number of amides is 2. The molecule has 3 rings (SSSR count). The maximum Gasteiger partial charge on any atom is 0.443 e. The van der Waals surface area contributed by atoms with Gasteiger partial charge in [-0.15, -0.1) is 11.3 Å². The predicted molar refractivity (Wildman–Crippen MR) is 138 cm³/mol. The molecule has 0 aliphatic rings. The molecule has 2 aromatic carbocycles. The van der Waals surface area contributed by atoms with Gasteiger partial charge in [0, 0.05) is 53.3 Å². The van der Waals surface area contributed by atoms with Gasteiger partial charge in [0.1, 0.15) is 5.69 Å². The van der Waals surface area contributed by atoms with Crippen LogP contribution in [0.4, 0.5) is 24.5 Å². The van der Waals surface area contributed by atoms with Gasteiger partial charge in [0.15, 0.2) is 5.01 Å². The molecule has 0 aliphatic heterocycles. The van der Waals surface area contributed by atoms with E-state index in [1.54, 1.807) is 50.2 Å². The van der Waals surface area contributed by atoms with Crippen molar-refractivity contribution in [3.05, 3.63) is 63.6 Å². The summed E-state index contributed by atoms with van der Waals surface area (Å²) in [6.07, 6.45) is -2.77. The van der Waals surface area contributed by atoms with Crippen molar-refractivity contribution >= 4 is 40.7 Å². The van der Waals surface area contributed by atoms with E-state index in [0.29, 0.717) is 52.2 Å². The fraction of sp³-hybridized carbons (Fsp3) is 0.280. The van der Waals surface area contributed by atoms with Crippen LogP contribution in [0.1, 0.15) is 51.7 Å². The number of aliphatic hydroxyl groups is 1. The fourth-order valence-electron chi connectivity index (χ4n) is 3.26. The SMILES string of the molecule is CNC(=O)c1cccc(-c2cc(N)c(C=NCCC(C)(C)O)cc2NC(=O)c2csc(C(F)(F)F)n2)c1. The van der Waals surface area contributed by atoms with Crippen molar-refractivity contribution in [2.45, 2.75) is 32.0 Å². The maximum absolute atomic E-state index is 13.0. The topological polar surface area (TPSA) is 130 Å². The van der Waals surface area contributed by atoms with Gasteiger partial charge in [-0.3, -0.25) is 14.6 Å². The molecule has 8 nitrogen and oxygen atoms in total. The van der Waals surface area contributed by atoms with Gasteiger partial charge < -0.3 is 21.5 Å². The van der Waals surface area contributed by atoms with E-state index >= 15 is 0 Å². The number of nitrogen functional groups attached to an aromatic ring is 1. The number of nitrogens with two attached hydrogens (primary N) is 1. The van der Waals surface area contributed by atoms with Crippen LogP contribution in [0.3, 0.4) is 0 Å². The van der Waals surface area contributed by atoms with Gasteiger partial charge in [-0.2, -0.15) is 13.2 Å². The van der Waals surface area contributed by atoms with Gasteiger partial charge in [-0.05, 0) is 50.1 Å². The third kappa shape index (κ3) is 7.37. The van der Waals surface area contributed by atoms with Crippen LogP contribution in [0, 0.1) is 0 Å². The third-order valence-electron chi connectivity index (χ3n) is 5.20. The van der Waals surface area contributed by atoms with Gasteiger partial charge >= 0.3 is 6.18 Å². The lowest BCUT2D eigenvalue weighted by Crippen LogP contribution is -2.19. The molecule has 3 aromatic rings. The summed E-state index contributed by atoms with van der Waals surface area (Å²) in [7, 11) is 1.49. The molecule has 0 saturated carbocycles. The number of aliphatic imine (C=N–C) groups is 1. The number of benzene rings is 2. The van der Waals surface area contributed by atoms with Gasteiger partial charge in [-0.25, -0.2) is 4.98 Å². The summed E-state index contributed by atoms with van der Waals surface area (Å²) in [5, 5.41) is 14.9. The Morgan fingerprint density at radius 1 is 1.19 bits per heavy atom. The number of nitrogens with one attached hydrogen (secondary N) is 2. The zero-order chi connectivity index (χ0) is 27.4. The first kappa shape index (κ1) is 27.8. The normalized spacial score (nSPS) is 12.1. The smallest absolute Gasteiger partial charge is 0.398 e. The second-order valence-electron chi connectivity index (χ2n) is 8.77. The number of hydrogen-bond acceptors (Lipinski definition) is 7. The summed E-state index contributed by atoms with van der Waals surface area (Å²) in [4.78, 5) is 32.6.